The number of hydrogen-bond donors (Lipinski definition) is 0. The van der Waals surface area contributed by atoms with Crippen LogP contribution in [0.2, 0.25) is 0 Å². The van der Waals surface area contributed by atoms with Crippen LogP contribution in [0.15, 0.2) is 97.2 Å². The minimum absolute atomic E-state index is 0.0943. The third kappa shape index (κ3) is 51.3. The van der Waals surface area contributed by atoms with Gasteiger partial charge in [-0.15, -0.1) is 0 Å². The molecule has 66 heavy (non-hydrogen) atoms. The first-order chi connectivity index (χ1) is 32.5. The fourth-order valence-corrected chi connectivity index (χ4v) is 7.31. The number of carbonyl (C=O) groups excluding carboxylic acids is 3. The number of rotatable bonds is 48. The summed E-state index contributed by atoms with van der Waals surface area (Å²) < 4.78 is 16.8. The second kappa shape index (κ2) is 53.9. The molecule has 0 saturated heterocycles. The predicted molar refractivity (Wildman–Crippen MR) is 284 cm³/mol. The third-order valence-electron chi connectivity index (χ3n) is 11.3. The summed E-state index contributed by atoms with van der Waals surface area (Å²) in [5.41, 5.74) is 0. The number of hydrogen-bond acceptors (Lipinski definition) is 6. The summed E-state index contributed by atoms with van der Waals surface area (Å²) in [7, 11) is 0. The van der Waals surface area contributed by atoms with Gasteiger partial charge in [0.05, 0.1) is 0 Å². The zero-order valence-electron chi connectivity index (χ0n) is 42.9. The summed E-state index contributed by atoms with van der Waals surface area (Å²) in [5, 5.41) is 0. The molecule has 1 unspecified atom stereocenters. The summed E-state index contributed by atoms with van der Waals surface area (Å²) in [6, 6.07) is 0. The fourth-order valence-electron chi connectivity index (χ4n) is 7.31. The second-order valence-electron chi connectivity index (χ2n) is 17.7. The second-order valence-corrected chi connectivity index (χ2v) is 17.7. The van der Waals surface area contributed by atoms with Crippen LogP contribution < -0.4 is 0 Å². The maximum atomic E-state index is 12.8. The number of unbranched alkanes of at least 4 members (excludes halogenated alkanes) is 21. The highest BCUT2D eigenvalue weighted by Crippen LogP contribution is 2.15. The van der Waals surface area contributed by atoms with E-state index in [0.29, 0.717) is 19.3 Å². The average Bonchev–Trinajstić information content (AvgIpc) is 3.31. The quantitative estimate of drug-likeness (QED) is 0.0262. The zero-order valence-corrected chi connectivity index (χ0v) is 42.9. The summed E-state index contributed by atoms with van der Waals surface area (Å²) in [4.78, 5) is 38.1. The molecule has 0 radical (unpaired) electrons. The molecule has 6 nitrogen and oxygen atoms in total. The molecular weight excluding hydrogens is 817 g/mol. The fraction of sp³-hybridized carbons (Fsp3) is 0.683. The van der Waals surface area contributed by atoms with Gasteiger partial charge in [-0.1, -0.05) is 227 Å². The topological polar surface area (TPSA) is 78.9 Å². The van der Waals surface area contributed by atoms with Crippen molar-refractivity contribution in [3.63, 3.8) is 0 Å². The van der Waals surface area contributed by atoms with E-state index in [9.17, 15) is 14.4 Å². The summed E-state index contributed by atoms with van der Waals surface area (Å²) >= 11 is 0. The maximum Gasteiger partial charge on any atom is 0.306 e. The number of carbonyl (C=O) groups is 3. The van der Waals surface area contributed by atoms with Gasteiger partial charge in [0.25, 0.3) is 0 Å². The van der Waals surface area contributed by atoms with Crippen LogP contribution in [-0.2, 0) is 28.6 Å². The SMILES string of the molecule is CC/C=C\C/C=C\C/C=C\C/C=C\C/C=C\CCCCCC(=O)OCC(COC(=O)CCCCCCCCCCCCCCCC)OC(=O)CCCCCCC/C=C\C/C=C\C/C=C\CC. The van der Waals surface area contributed by atoms with Gasteiger partial charge in [-0.25, -0.2) is 0 Å². The van der Waals surface area contributed by atoms with Gasteiger partial charge in [0.1, 0.15) is 13.2 Å². The molecule has 0 amide bonds. The molecule has 0 fully saturated rings. The average molecular weight is 917 g/mol. The van der Waals surface area contributed by atoms with Crippen LogP contribution in [0, 0.1) is 0 Å². The first kappa shape index (κ1) is 62.3. The van der Waals surface area contributed by atoms with E-state index in [1.807, 2.05) is 0 Å². The molecule has 1 atom stereocenters. The highest BCUT2D eigenvalue weighted by molar-refractivity contribution is 5.71. The van der Waals surface area contributed by atoms with E-state index in [1.54, 1.807) is 0 Å². The minimum Gasteiger partial charge on any atom is -0.462 e. The van der Waals surface area contributed by atoms with E-state index in [4.69, 9.17) is 14.2 Å². The minimum atomic E-state index is -0.800. The predicted octanol–water partition coefficient (Wildman–Crippen LogP) is 18.1. The summed E-state index contributed by atoms with van der Waals surface area (Å²) in [6.45, 7) is 6.37. The van der Waals surface area contributed by atoms with Crippen molar-refractivity contribution in [2.45, 2.75) is 252 Å². The van der Waals surface area contributed by atoms with Crippen LogP contribution >= 0.6 is 0 Å². The van der Waals surface area contributed by atoms with E-state index < -0.39 is 6.10 Å². The molecule has 0 aromatic rings. The van der Waals surface area contributed by atoms with Crippen molar-refractivity contribution in [2.24, 2.45) is 0 Å². The lowest BCUT2D eigenvalue weighted by Crippen LogP contribution is -2.30. The molecule has 0 aliphatic carbocycles. The Bertz CT molecular complexity index is 1330. The van der Waals surface area contributed by atoms with Crippen LogP contribution in [0.5, 0.6) is 0 Å². The highest BCUT2D eigenvalue weighted by atomic mass is 16.6. The molecule has 0 rings (SSSR count). The van der Waals surface area contributed by atoms with Crippen LogP contribution in [0.3, 0.4) is 0 Å². The zero-order chi connectivity index (χ0) is 47.9. The van der Waals surface area contributed by atoms with Crippen molar-refractivity contribution in [3.8, 4) is 0 Å². The Balaban J connectivity index is 4.47. The maximum absolute atomic E-state index is 12.8. The first-order valence-corrected chi connectivity index (χ1v) is 27.2. The molecule has 376 valence electrons. The van der Waals surface area contributed by atoms with Crippen LogP contribution in [0.1, 0.15) is 245 Å². The molecule has 0 aliphatic heterocycles. The molecule has 6 heteroatoms. The molecule has 0 spiro atoms. The van der Waals surface area contributed by atoms with Gasteiger partial charge in [-0.2, -0.15) is 0 Å². The normalized spacial score (nSPS) is 12.8. The summed E-state index contributed by atoms with van der Waals surface area (Å²) in [6.07, 6.45) is 71.0. The van der Waals surface area contributed by atoms with Crippen molar-refractivity contribution in [2.75, 3.05) is 13.2 Å². The first-order valence-electron chi connectivity index (χ1n) is 27.2. The van der Waals surface area contributed by atoms with Crippen molar-refractivity contribution in [1.29, 1.82) is 0 Å². The lowest BCUT2D eigenvalue weighted by Gasteiger charge is -2.18. The molecule has 0 aromatic carbocycles. The van der Waals surface area contributed by atoms with Crippen molar-refractivity contribution >= 4 is 17.9 Å². The Morgan fingerprint density at radius 1 is 0.318 bits per heavy atom. The van der Waals surface area contributed by atoms with E-state index in [0.717, 1.165) is 135 Å². The molecule has 0 aromatic heterocycles. The summed E-state index contributed by atoms with van der Waals surface area (Å²) in [5.74, 6) is -0.943. The number of esters is 3. The molecule has 0 heterocycles. The van der Waals surface area contributed by atoms with Gasteiger partial charge < -0.3 is 14.2 Å². The van der Waals surface area contributed by atoms with Gasteiger partial charge in [0.2, 0.25) is 0 Å². The lowest BCUT2D eigenvalue weighted by atomic mass is 10.0. The van der Waals surface area contributed by atoms with Crippen LogP contribution in [0.4, 0.5) is 0 Å². The van der Waals surface area contributed by atoms with Gasteiger partial charge in [0, 0.05) is 19.3 Å². The molecule has 0 aliphatic rings. The van der Waals surface area contributed by atoms with Gasteiger partial charge >= 0.3 is 17.9 Å². The van der Waals surface area contributed by atoms with E-state index in [2.05, 4.69) is 118 Å². The largest absolute Gasteiger partial charge is 0.462 e. The van der Waals surface area contributed by atoms with Gasteiger partial charge in [-0.3, -0.25) is 14.4 Å². The monoisotopic (exact) mass is 917 g/mol. The number of ether oxygens (including phenoxy) is 3. The van der Waals surface area contributed by atoms with E-state index >= 15 is 0 Å². The van der Waals surface area contributed by atoms with Crippen LogP contribution in [0.25, 0.3) is 0 Å². The van der Waals surface area contributed by atoms with Crippen molar-refractivity contribution < 1.29 is 28.6 Å². The Labute approximate surface area is 407 Å². The standard InChI is InChI=1S/C60H100O6/c1-4-7-10-13-16-19-22-25-28-29-30-31-33-35-38-41-44-47-50-53-59(62)65-56-57(55-64-58(61)52-49-46-43-40-37-34-27-24-21-18-15-12-9-6-3)66-60(63)54-51-48-45-42-39-36-32-26-23-20-17-14-11-8-5-2/h7-8,10-11,16-17,19-20,25-26,28,30-32,35,38,57H,4-6,9,12-15,18,21-24,27,29,33-34,36-37,39-56H2,1-3H3/b10-7-,11-8-,19-16-,20-17-,28-25-,31-30-,32-26-,38-35-. The Morgan fingerprint density at radius 2 is 0.591 bits per heavy atom. The molecule has 0 saturated carbocycles. The van der Waals surface area contributed by atoms with Gasteiger partial charge in [-0.05, 0) is 96.3 Å². The Morgan fingerprint density at radius 3 is 0.939 bits per heavy atom. The van der Waals surface area contributed by atoms with E-state index in [-0.39, 0.29) is 31.1 Å². The molecular formula is C60H100O6. The smallest absolute Gasteiger partial charge is 0.306 e. The highest BCUT2D eigenvalue weighted by Gasteiger charge is 2.19. The Hall–Kier alpha value is -3.67. The van der Waals surface area contributed by atoms with Crippen molar-refractivity contribution in [3.05, 3.63) is 97.2 Å². The third-order valence-corrected chi connectivity index (χ3v) is 11.3. The van der Waals surface area contributed by atoms with Crippen molar-refractivity contribution in [1.82, 2.24) is 0 Å². The van der Waals surface area contributed by atoms with Gasteiger partial charge in [0.15, 0.2) is 6.10 Å². The molecule has 0 N–H and O–H groups in total. The molecule has 0 bridgehead atoms. The lowest BCUT2D eigenvalue weighted by molar-refractivity contribution is -0.167. The van der Waals surface area contributed by atoms with Crippen LogP contribution in [-0.4, -0.2) is 37.2 Å². The van der Waals surface area contributed by atoms with E-state index in [1.165, 1.54) is 70.6 Å². The Kier molecular flexibility index (Phi) is 50.9. The number of allylic oxidation sites excluding steroid dienone is 16.